The number of amides is 1. The molecule has 1 fully saturated rings. The predicted octanol–water partition coefficient (Wildman–Crippen LogP) is 1.62. The summed E-state index contributed by atoms with van der Waals surface area (Å²) in [6.07, 6.45) is 2.04. The molecule has 0 radical (unpaired) electrons. The van der Waals surface area contributed by atoms with Crippen molar-refractivity contribution in [2.75, 3.05) is 0 Å². The molecule has 0 bridgehead atoms. The van der Waals surface area contributed by atoms with Gasteiger partial charge in [0.2, 0.25) is 0 Å². The molecule has 1 aliphatic carbocycles. The first-order valence-corrected chi connectivity index (χ1v) is 5.84. The van der Waals surface area contributed by atoms with Crippen molar-refractivity contribution < 1.29 is 9.18 Å². The fourth-order valence-corrected chi connectivity index (χ4v) is 1.96. The summed E-state index contributed by atoms with van der Waals surface area (Å²) in [7, 11) is 0. The predicted molar refractivity (Wildman–Crippen MR) is 67.2 cm³/mol. The Labute approximate surface area is 104 Å². The van der Waals surface area contributed by atoms with E-state index < -0.39 is 5.82 Å². The van der Waals surface area contributed by atoms with E-state index in [1.807, 2.05) is 0 Å². The highest BCUT2D eigenvalue weighted by Gasteiger charge is 2.34. The molecule has 1 unspecified atom stereocenters. The molecule has 0 saturated heterocycles. The molecule has 1 amide bonds. The highest BCUT2D eigenvalue weighted by Crippen LogP contribution is 2.32. The molecule has 1 aromatic rings. The molecule has 1 atom stereocenters. The van der Waals surface area contributed by atoms with Crippen molar-refractivity contribution in [3.8, 4) is 0 Å². The van der Waals surface area contributed by atoms with Gasteiger partial charge in [-0.05, 0) is 37.0 Å². The van der Waals surface area contributed by atoms with Crippen molar-refractivity contribution in [3.05, 3.63) is 35.6 Å². The Morgan fingerprint density at radius 3 is 2.76 bits per heavy atom. The number of benzene rings is 1. The van der Waals surface area contributed by atoms with E-state index in [2.05, 4.69) is 5.32 Å². The third-order valence-corrected chi connectivity index (χ3v) is 3.03. The zero-order valence-electron chi connectivity index (χ0n) is 9.15. The maximum absolute atomic E-state index is 13.0. The summed E-state index contributed by atoms with van der Waals surface area (Å²) in [6.45, 7) is 0. The lowest BCUT2D eigenvalue weighted by Gasteiger charge is -2.16. The first-order valence-electron chi connectivity index (χ1n) is 5.43. The number of nitrogens with two attached hydrogens (primary N) is 1. The lowest BCUT2D eigenvalue weighted by Crippen LogP contribution is -2.45. The first-order chi connectivity index (χ1) is 8.08. The number of hydrogen-bond donors (Lipinski definition) is 2. The van der Waals surface area contributed by atoms with Crippen LogP contribution in [0.25, 0.3) is 0 Å². The molecule has 1 saturated carbocycles. The van der Waals surface area contributed by atoms with Crippen LogP contribution in [0.2, 0.25) is 0 Å². The first kappa shape index (κ1) is 12.0. The second kappa shape index (κ2) is 4.79. The van der Waals surface area contributed by atoms with Gasteiger partial charge in [0.25, 0.3) is 5.91 Å². The Kier molecular flexibility index (Phi) is 3.38. The minimum atomic E-state index is -0.434. The molecule has 3 N–H and O–H groups in total. The van der Waals surface area contributed by atoms with Crippen molar-refractivity contribution in [2.24, 2.45) is 11.7 Å². The van der Waals surface area contributed by atoms with Crippen LogP contribution in [0, 0.1) is 11.7 Å². The van der Waals surface area contributed by atoms with Gasteiger partial charge in [-0.1, -0.05) is 18.3 Å². The standard InChI is InChI=1S/C12H13FN2OS/c13-9-3-1-2-8(6-9)12(16)15-10(11(14)17)7-4-5-7/h1-3,6-7,10H,4-5H2,(H2,14,17)(H,15,16). The van der Waals surface area contributed by atoms with Crippen LogP contribution in [0.5, 0.6) is 0 Å². The molecule has 3 nitrogen and oxygen atoms in total. The summed E-state index contributed by atoms with van der Waals surface area (Å²) in [5, 5.41) is 2.75. The van der Waals surface area contributed by atoms with Crippen LogP contribution < -0.4 is 11.1 Å². The van der Waals surface area contributed by atoms with Gasteiger partial charge in [0.1, 0.15) is 5.82 Å². The average molecular weight is 252 g/mol. The summed E-state index contributed by atoms with van der Waals surface area (Å²) in [5.74, 6) is -0.435. The largest absolute Gasteiger partial charge is 0.392 e. The molecule has 1 aromatic carbocycles. The Morgan fingerprint density at radius 2 is 2.24 bits per heavy atom. The quantitative estimate of drug-likeness (QED) is 0.801. The molecule has 0 aliphatic heterocycles. The molecule has 0 heterocycles. The summed E-state index contributed by atoms with van der Waals surface area (Å²) in [6, 6.07) is 5.27. The van der Waals surface area contributed by atoms with Gasteiger partial charge in [-0.3, -0.25) is 4.79 Å². The number of halogens is 1. The minimum absolute atomic E-state index is 0.277. The van der Waals surface area contributed by atoms with Crippen LogP contribution in [0.15, 0.2) is 24.3 Å². The van der Waals surface area contributed by atoms with E-state index in [1.54, 1.807) is 6.07 Å². The molecule has 2 rings (SSSR count). The summed E-state index contributed by atoms with van der Waals surface area (Å²) < 4.78 is 13.0. The van der Waals surface area contributed by atoms with E-state index in [4.69, 9.17) is 18.0 Å². The van der Waals surface area contributed by atoms with Crippen molar-refractivity contribution in [2.45, 2.75) is 18.9 Å². The number of carbonyl (C=O) groups is 1. The zero-order chi connectivity index (χ0) is 12.4. The van der Waals surface area contributed by atoms with Gasteiger partial charge in [-0.25, -0.2) is 4.39 Å². The Morgan fingerprint density at radius 1 is 1.53 bits per heavy atom. The maximum atomic E-state index is 13.0. The Bertz CT molecular complexity index is 460. The van der Waals surface area contributed by atoms with Crippen LogP contribution in [0.1, 0.15) is 23.2 Å². The third-order valence-electron chi connectivity index (χ3n) is 2.77. The molecule has 0 aromatic heterocycles. The third kappa shape index (κ3) is 3.00. The lowest BCUT2D eigenvalue weighted by atomic mass is 10.1. The molecule has 0 spiro atoms. The maximum Gasteiger partial charge on any atom is 0.251 e. The molecule has 1 aliphatic rings. The van der Waals surface area contributed by atoms with Crippen LogP contribution in [-0.4, -0.2) is 16.9 Å². The van der Waals surface area contributed by atoms with Crippen LogP contribution in [-0.2, 0) is 0 Å². The van der Waals surface area contributed by atoms with Gasteiger partial charge in [0, 0.05) is 5.56 Å². The average Bonchev–Trinajstić information content (AvgIpc) is 3.09. The number of rotatable bonds is 4. The molecule has 17 heavy (non-hydrogen) atoms. The van der Waals surface area contributed by atoms with Gasteiger partial charge in [0.15, 0.2) is 0 Å². The Hall–Kier alpha value is -1.49. The van der Waals surface area contributed by atoms with Crippen molar-refractivity contribution in [1.29, 1.82) is 0 Å². The summed E-state index contributed by atoms with van der Waals surface area (Å²) in [4.78, 5) is 12.1. The van der Waals surface area contributed by atoms with Crippen molar-refractivity contribution >= 4 is 23.1 Å². The minimum Gasteiger partial charge on any atom is -0.392 e. The fourth-order valence-electron chi connectivity index (χ4n) is 1.71. The van der Waals surface area contributed by atoms with E-state index >= 15 is 0 Å². The van der Waals surface area contributed by atoms with E-state index in [1.165, 1.54) is 18.2 Å². The number of carbonyl (C=O) groups excluding carboxylic acids is 1. The second-order valence-corrected chi connectivity index (χ2v) is 4.67. The smallest absolute Gasteiger partial charge is 0.251 e. The fraction of sp³-hybridized carbons (Fsp3) is 0.333. The van der Waals surface area contributed by atoms with Gasteiger partial charge in [-0.2, -0.15) is 0 Å². The molecule has 5 heteroatoms. The Balaban J connectivity index is 2.07. The van der Waals surface area contributed by atoms with Crippen LogP contribution in [0.4, 0.5) is 4.39 Å². The number of hydrogen-bond acceptors (Lipinski definition) is 2. The van der Waals surface area contributed by atoms with E-state index in [9.17, 15) is 9.18 Å². The normalized spacial score (nSPS) is 16.3. The highest BCUT2D eigenvalue weighted by molar-refractivity contribution is 7.80. The monoisotopic (exact) mass is 252 g/mol. The van der Waals surface area contributed by atoms with Gasteiger partial charge in [0.05, 0.1) is 11.0 Å². The summed E-state index contributed by atoms with van der Waals surface area (Å²) in [5.41, 5.74) is 5.86. The molecular weight excluding hydrogens is 239 g/mol. The zero-order valence-corrected chi connectivity index (χ0v) is 9.97. The van der Waals surface area contributed by atoms with E-state index in [0.717, 1.165) is 12.8 Å². The van der Waals surface area contributed by atoms with Crippen LogP contribution in [0.3, 0.4) is 0 Å². The summed E-state index contributed by atoms with van der Waals surface area (Å²) >= 11 is 4.92. The topological polar surface area (TPSA) is 55.1 Å². The number of thiocarbonyl (C=S) groups is 1. The highest BCUT2D eigenvalue weighted by atomic mass is 32.1. The lowest BCUT2D eigenvalue weighted by molar-refractivity contribution is 0.0943. The van der Waals surface area contributed by atoms with Gasteiger partial charge in [-0.15, -0.1) is 0 Å². The molecular formula is C12H13FN2OS. The van der Waals surface area contributed by atoms with E-state index in [0.29, 0.717) is 5.92 Å². The number of nitrogens with one attached hydrogen (secondary N) is 1. The molecule has 90 valence electrons. The van der Waals surface area contributed by atoms with Crippen LogP contribution >= 0.6 is 12.2 Å². The van der Waals surface area contributed by atoms with Gasteiger partial charge < -0.3 is 11.1 Å². The SMILES string of the molecule is NC(=S)C(NC(=O)c1cccc(F)c1)C1CC1. The second-order valence-electron chi connectivity index (χ2n) is 4.20. The van der Waals surface area contributed by atoms with Gasteiger partial charge >= 0.3 is 0 Å². The van der Waals surface area contributed by atoms with E-state index in [-0.39, 0.29) is 22.5 Å². The van der Waals surface area contributed by atoms with Crippen molar-refractivity contribution in [1.82, 2.24) is 5.32 Å². The van der Waals surface area contributed by atoms with Crippen molar-refractivity contribution in [3.63, 3.8) is 0 Å².